The van der Waals surface area contributed by atoms with Crippen molar-refractivity contribution in [3.8, 4) is 0 Å². The molecule has 1 N–H and O–H groups in total. The highest BCUT2D eigenvalue weighted by atomic mass is 35.5. The van der Waals surface area contributed by atoms with Gasteiger partial charge in [0.05, 0.1) is 15.5 Å². The number of amides is 2. The van der Waals surface area contributed by atoms with Gasteiger partial charge in [0.25, 0.3) is 15.7 Å². The minimum atomic E-state index is -4.42. The molecule has 0 spiro atoms. The summed E-state index contributed by atoms with van der Waals surface area (Å²) < 4.78 is 28.9. The van der Waals surface area contributed by atoms with Crippen LogP contribution < -0.4 is 9.62 Å². The molecule has 4 aromatic carbocycles. The minimum Gasteiger partial charge on any atom is -0.354 e. The van der Waals surface area contributed by atoms with Crippen LogP contribution in [0.2, 0.25) is 10.0 Å². The molecule has 10 nitrogen and oxygen atoms in total. The molecule has 246 valence electrons. The van der Waals surface area contributed by atoms with Gasteiger partial charge in [0.2, 0.25) is 11.8 Å². The Hall–Kier alpha value is -4.45. The van der Waals surface area contributed by atoms with Gasteiger partial charge in [0, 0.05) is 41.7 Å². The second kappa shape index (κ2) is 15.9. The average Bonchev–Trinajstić information content (AvgIpc) is 3.05. The van der Waals surface area contributed by atoms with Gasteiger partial charge in [-0.2, -0.15) is 0 Å². The number of nitrogens with zero attached hydrogens (tertiary/aromatic N) is 3. The number of rotatable bonds is 14. The van der Waals surface area contributed by atoms with Crippen LogP contribution in [0.1, 0.15) is 25.0 Å². The zero-order chi connectivity index (χ0) is 34.1. The van der Waals surface area contributed by atoms with Crippen molar-refractivity contribution in [1.82, 2.24) is 10.2 Å². The third kappa shape index (κ3) is 9.31. The number of carbonyl (C=O) groups is 2. The van der Waals surface area contributed by atoms with Crippen LogP contribution in [0.3, 0.4) is 0 Å². The SMILES string of the molecule is CC(C)CNC(=O)[C@@H](Cc1ccccc1)N(Cc1ccc(Cl)cc1Cl)C(=O)CN(c1cccc([N+](=O)[O-])c1)S(=O)(=O)c1ccccc1. The van der Waals surface area contributed by atoms with E-state index in [0.717, 1.165) is 15.9 Å². The Labute approximate surface area is 284 Å². The van der Waals surface area contributed by atoms with Gasteiger partial charge < -0.3 is 10.2 Å². The standard InChI is InChI=1S/C34H34Cl2N4O6S/c1-24(2)21-37-34(42)32(18-25-10-5-3-6-11-25)38(22-26-16-17-27(35)19-31(26)36)33(41)23-39(28-12-9-13-29(20-28)40(43)44)47(45,46)30-14-7-4-8-15-30/h3-17,19-20,24,32H,18,21-23H2,1-2H3,(H,37,42)/t32-/m1/s1. The Kier molecular flexibility index (Phi) is 12.0. The van der Waals surface area contributed by atoms with Crippen molar-refractivity contribution in [3.63, 3.8) is 0 Å². The van der Waals surface area contributed by atoms with Crippen molar-refractivity contribution in [2.45, 2.75) is 37.8 Å². The second-order valence-corrected chi connectivity index (χ2v) is 13.9. The molecule has 0 saturated heterocycles. The van der Waals surface area contributed by atoms with Crippen LogP contribution in [-0.2, 0) is 32.6 Å². The number of anilines is 1. The number of hydrogen-bond donors (Lipinski definition) is 1. The van der Waals surface area contributed by atoms with E-state index >= 15 is 0 Å². The summed E-state index contributed by atoms with van der Waals surface area (Å²) in [6.07, 6.45) is 0.115. The number of nitro benzene ring substituents is 1. The summed E-state index contributed by atoms with van der Waals surface area (Å²) in [7, 11) is -4.42. The Morgan fingerprint density at radius 2 is 1.55 bits per heavy atom. The molecule has 0 bridgehead atoms. The first-order valence-electron chi connectivity index (χ1n) is 14.7. The van der Waals surface area contributed by atoms with Crippen LogP contribution >= 0.6 is 23.2 Å². The smallest absolute Gasteiger partial charge is 0.271 e. The van der Waals surface area contributed by atoms with Crippen LogP contribution in [0.25, 0.3) is 0 Å². The largest absolute Gasteiger partial charge is 0.354 e. The molecule has 0 aliphatic carbocycles. The molecule has 0 aromatic heterocycles. The summed E-state index contributed by atoms with van der Waals surface area (Å²) in [4.78, 5) is 40.5. The maximum Gasteiger partial charge on any atom is 0.271 e. The van der Waals surface area contributed by atoms with E-state index in [9.17, 15) is 28.1 Å². The van der Waals surface area contributed by atoms with Gasteiger partial charge in [-0.3, -0.25) is 24.0 Å². The van der Waals surface area contributed by atoms with E-state index in [2.05, 4.69) is 5.32 Å². The van der Waals surface area contributed by atoms with Crippen molar-refractivity contribution in [3.05, 3.63) is 134 Å². The monoisotopic (exact) mass is 696 g/mol. The summed E-state index contributed by atoms with van der Waals surface area (Å²) in [6.45, 7) is 3.29. The molecule has 0 saturated carbocycles. The van der Waals surface area contributed by atoms with Crippen molar-refractivity contribution in [2.24, 2.45) is 5.92 Å². The summed E-state index contributed by atoms with van der Waals surface area (Å²) in [5, 5.41) is 15.2. The number of sulfonamides is 1. The lowest BCUT2D eigenvalue weighted by Gasteiger charge is -2.34. The number of hydrogen-bond acceptors (Lipinski definition) is 6. The van der Waals surface area contributed by atoms with Crippen molar-refractivity contribution in [1.29, 1.82) is 0 Å². The number of nitro groups is 1. The molecular weight excluding hydrogens is 663 g/mol. The van der Waals surface area contributed by atoms with E-state index in [1.165, 1.54) is 53.4 Å². The number of benzene rings is 4. The zero-order valence-electron chi connectivity index (χ0n) is 25.8. The van der Waals surface area contributed by atoms with Crippen molar-refractivity contribution >= 4 is 56.4 Å². The van der Waals surface area contributed by atoms with E-state index in [1.54, 1.807) is 18.2 Å². The zero-order valence-corrected chi connectivity index (χ0v) is 28.1. The van der Waals surface area contributed by atoms with E-state index < -0.39 is 39.3 Å². The highest BCUT2D eigenvalue weighted by Crippen LogP contribution is 2.29. The van der Waals surface area contributed by atoms with Gasteiger partial charge in [-0.1, -0.05) is 97.7 Å². The molecule has 2 amide bonds. The molecule has 0 radical (unpaired) electrons. The highest BCUT2D eigenvalue weighted by Gasteiger charge is 2.35. The van der Waals surface area contributed by atoms with Gasteiger partial charge >= 0.3 is 0 Å². The average molecular weight is 698 g/mol. The normalized spacial score (nSPS) is 11.9. The Bertz CT molecular complexity index is 1830. The number of nitrogens with one attached hydrogen (secondary N) is 1. The molecule has 47 heavy (non-hydrogen) atoms. The Morgan fingerprint density at radius 1 is 0.894 bits per heavy atom. The summed E-state index contributed by atoms with van der Waals surface area (Å²) in [5.74, 6) is -1.05. The van der Waals surface area contributed by atoms with Crippen LogP contribution in [0.5, 0.6) is 0 Å². The molecule has 0 aliphatic rings. The fraction of sp³-hybridized carbons (Fsp3) is 0.235. The predicted octanol–water partition coefficient (Wildman–Crippen LogP) is 6.51. The van der Waals surface area contributed by atoms with Crippen LogP contribution in [-0.4, -0.2) is 49.2 Å². The topological polar surface area (TPSA) is 130 Å². The molecule has 13 heteroatoms. The predicted molar refractivity (Wildman–Crippen MR) is 183 cm³/mol. The van der Waals surface area contributed by atoms with Crippen LogP contribution in [0.15, 0.2) is 108 Å². The molecule has 4 rings (SSSR count). The maximum atomic E-state index is 14.5. The van der Waals surface area contributed by atoms with Gasteiger partial charge in [0.1, 0.15) is 12.6 Å². The highest BCUT2D eigenvalue weighted by molar-refractivity contribution is 7.92. The quantitative estimate of drug-likeness (QED) is 0.118. The van der Waals surface area contributed by atoms with Gasteiger partial charge in [-0.25, -0.2) is 8.42 Å². The summed E-state index contributed by atoms with van der Waals surface area (Å²) >= 11 is 12.7. The third-order valence-corrected chi connectivity index (χ3v) is 9.63. The first kappa shape index (κ1) is 35.4. The van der Waals surface area contributed by atoms with Crippen molar-refractivity contribution < 1.29 is 22.9 Å². The fourth-order valence-electron chi connectivity index (χ4n) is 4.82. The van der Waals surface area contributed by atoms with Crippen LogP contribution in [0, 0.1) is 16.0 Å². The third-order valence-electron chi connectivity index (χ3n) is 7.25. The molecule has 4 aromatic rings. The maximum absolute atomic E-state index is 14.5. The molecule has 0 heterocycles. The van der Waals surface area contributed by atoms with E-state index in [-0.39, 0.29) is 40.2 Å². The molecule has 1 atom stereocenters. The first-order valence-corrected chi connectivity index (χ1v) is 16.9. The van der Waals surface area contributed by atoms with Crippen molar-refractivity contribution in [2.75, 3.05) is 17.4 Å². The lowest BCUT2D eigenvalue weighted by atomic mass is 10.0. The Morgan fingerprint density at radius 3 is 2.17 bits per heavy atom. The van der Waals surface area contributed by atoms with E-state index in [0.29, 0.717) is 17.1 Å². The van der Waals surface area contributed by atoms with E-state index in [1.807, 2.05) is 44.2 Å². The number of non-ortho nitro benzene ring substituents is 1. The molecular formula is C34H34Cl2N4O6S. The van der Waals surface area contributed by atoms with Crippen LogP contribution in [0.4, 0.5) is 11.4 Å². The number of carbonyl (C=O) groups excluding carboxylic acids is 2. The lowest BCUT2D eigenvalue weighted by molar-refractivity contribution is -0.384. The molecule has 0 aliphatic heterocycles. The minimum absolute atomic E-state index is 0.0928. The number of halogens is 2. The lowest BCUT2D eigenvalue weighted by Crippen LogP contribution is -2.53. The van der Waals surface area contributed by atoms with Gasteiger partial charge in [0.15, 0.2) is 0 Å². The summed E-state index contributed by atoms with van der Waals surface area (Å²) in [5.41, 5.74) is 0.796. The Balaban J connectivity index is 1.84. The molecule has 0 unspecified atom stereocenters. The summed E-state index contributed by atoms with van der Waals surface area (Å²) in [6, 6.07) is 25.3. The van der Waals surface area contributed by atoms with Gasteiger partial charge in [-0.05, 0) is 47.4 Å². The molecule has 0 fully saturated rings. The second-order valence-electron chi connectivity index (χ2n) is 11.2. The fourth-order valence-corrected chi connectivity index (χ4v) is 6.72. The van der Waals surface area contributed by atoms with Gasteiger partial charge in [-0.15, -0.1) is 0 Å². The first-order chi connectivity index (χ1) is 22.4. The van der Waals surface area contributed by atoms with E-state index in [4.69, 9.17) is 23.2 Å².